The van der Waals surface area contributed by atoms with Crippen LogP contribution >= 0.6 is 27.5 Å². The molecule has 2 aromatic rings. The van der Waals surface area contributed by atoms with E-state index in [-0.39, 0.29) is 12.4 Å². The van der Waals surface area contributed by atoms with Crippen LogP contribution in [-0.4, -0.2) is 23.3 Å². The van der Waals surface area contributed by atoms with Gasteiger partial charge in [-0.25, -0.2) is 5.43 Å². The van der Waals surface area contributed by atoms with E-state index in [1.807, 2.05) is 0 Å². The number of ether oxygens (including phenoxy) is 1. The number of halogens is 2. The number of aromatic hydroxyl groups is 1. The molecule has 2 rings (SSSR count). The molecular formula is C16H14BrClN2O3. The Morgan fingerprint density at radius 2 is 2.09 bits per heavy atom. The summed E-state index contributed by atoms with van der Waals surface area (Å²) >= 11 is 9.28. The van der Waals surface area contributed by atoms with E-state index in [0.29, 0.717) is 22.0 Å². The van der Waals surface area contributed by atoms with Gasteiger partial charge in [0.15, 0.2) is 6.61 Å². The number of amides is 1. The fraction of sp³-hybridized carbons (Fsp3) is 0.125. The molecule has 0 aliphatic heterocycles. The monoisotopic (exact) mass is 396 g/mol. The number of phenolic OH excluding ortho intramolecular Hbond substituents is 1. The quantitative estimate of drug-likeness (QED) is 0.596. The van der Waals surface area contributed by atoms with Gasteiger partial charge in [0.05, 0.1) is 10.7 Å². The normalized spacial score (nSPS) is 11.2. The summed E-state index contributed by atoms with van der Waals surface area (Å²) in [5.41, 5.74) is 3.40. The van der Waals surface area contributed by atoms with Gasteiger partial charge >= 0.3 is 0 Å². The molecule has 0 heterocycles. The van der Waals surface area contributed by atoms with Crippen LogP contribution in [0.15, 0.2) is 52.0 Å². The number of nitrogens with one attached hydrogen (secondary N) is 1. The van der Waals surface area contributed by atoms with Gasteiger partial charge < -0.3 is 9.84 Å². The number of nitrogens with zero attached hydrogens (tertiary/aromatic N) is 1. The van der Waals surface area contributed by atoms with Gasteiger partial charge in [0.2, 0.25) is 0 Å². The highest BCUT2D eigenvalue weighted by Gasteiger charge is 2.07. The molecular weight excluding hydrogens is 384 g/mol. The van der Waals surface area contributed by atoms with Gasteiger partial charge in [-0.2, -0.15) is 5.10 Å². The minimum Gasteiger partial charge on any atom is -0.507 e. The van der Waals surface area contributed by atoms with Crippen molar-refractivity contribution in [2.45, 2.75) is 6.92 Å². The summed E-state index contributed by atoms with van der Waals surface area (Å²) in [6.45, 7) is 1.46. The number of hydrazone groups is 1. The Bertz CT molecular complexity index is 750. The second-order valence-corrected chi connectivity index (χ2v) is 5.94. The van der Waals surface area contributed by atoms with Crippen LogP contribution in [0.4, 0.5) is 0 Å². The van der Waals surface area contributed by atoms with Gasteiger partial charge in [-0.05, 0) is 37.3 Å². The van der Waals surface area contributed by atoms with E-state index in [1.165, 1.54) is 0 Å². The van der Waals surface area contributed by atoms with Crippen molar-refractivity contribution in [1.29, 1.82) is 0 Å². The number of hydrogen-bond donors (Lipinski definition) is 2. The van der Waals surface area contributed by atoms with Crippen molar-refractivity contribution < 1.29 is 14.6 Å². The Kier molecular flexibility index (Phi) is 6.01. The molecule has 7 heteroatoms. The Hall–Kier alpha value is -2.05. The summed E-state index contributed by atoms with van der Waals surface area (Å²) in [5.74, 6) is 0.0751. The highest BCUT2D eigenvalue weighted by molar-refractivity contribution is 9.10. The van der Waals surface area contributed by atoms with E-state index in [2.05, 4.69) is 26.5 Å². The molecule has 0 aliphatic carbocycles. The molecule has 0 fully saturated rings. The van der Waals surface area contributed by atoms with Crippen molar-refractivity contribution in [3.05, 3.63) is 57.5 Å². The van der Waals surface area contributed by atoms with Gasteiger partial charge in [-0.1, -0.05) is 39.7 Å². The second-order valence-electron chi connectivity index (χ2n) is 4.61. The average molecular weight is 398 g/mol. The van der Waals surface area contributed by atoms with E-state index in [9.17, 15) is 9.90 Å². The number of carbonyl (C=O) groups excluding carboxylic acids is 1. The fourth-order valence-electron chi connectivity index (χ4n) is 1.75. The van der Waals surface area contributed by atoms with Gasteiger partial charge in [0, 0.05) is 10.0 Å². The van der Waals surface area contributed by atoms with Crippen molar-refractivity contribution in [3.63, 3.8) is 0 Å². The molecule has 0 unspecified atom stereocenters. The predicted molar refractivity (Wildman–Crippen MR) is 93.1 cm³/mol. The third-order valence-corrected chi connectivity index (χ3v) is 3.68. The first-order valence-corrected chi connectivity index (χ1v) is 7.84. The molecule has 0 radical (unpaired) electrons. The van der Waals surface area contributed by atoms with Crippen LogP contribution in [0.2, 0.25) is 5.02 Å². The van der Waals surface area contributed by atoms with Crippen LogP contribution in [-0.2, 0) is 4.79 Å². The maximum absolute atomic E-state index is 11.8. The molecule has 5 nitrogen and oxygen atoms in total. The van der Waals surface area contributed by atoms with Crippen LogP contribution in [0.5, 0.6) is 11.5 Å². The standard InChI is InChI=1S/C16H14BrClN2O3/c1-10(12-4-2-3-5-14(12)21)19-20-16(22)9-23-15-7-6-11(17)8-13(15)18/h2-8,21H,9H2,1H3,(H,20,22). The summed E-state index contributed by atoms with van der Waals surface area (Å²) in [6.07, 6.45) is 0. The molecule has 0 atom stereocenters. The number of carbonyl (C=O) groups is 1. The molecule has 120 valence electrons. The lowest BCUT2D eigenvalue weighted by Gasteiger charge is -2.08. The van der Waals surface area contributed by atoms with Crippen LogP contribution in [0.1, 0.15) is 12.5 Å². The zero-order valence-electron chi connectivity index (χ0n) is 12.2. The zero-order chi connectivity index (χ0) is 16.8. The maximum atomic E-state index is 11.8. The summed E-state index contributed by atoms with van der Waals surface area (Å²) in [7, 11) is 0. The minimum absolute atomic E-state index is 0.0980. The lowest BCUT2D eigenvalue weighted by molar-refractivity contribution is -0.123. The molecule has 2 N–H and O–H groups in total. The SMILES string of the molecule is CC(=NNC(=O)COc1ccc(Br)cc1Cl)c1ccccc1O. The highest BCUT2D eigenvalue weighted by Crippen LogP contribution is 2.27. The van der Waals surface area contributed by atoms with Crippen LogP contribution < -0.4 is 10.2 Å². The molecule has 0 saturated heterocycles. The van der Waals surface area contributed by atoms with Crippen molar-refractivity contribution in [2.75, 3.05) is 6.61 Å². The first-order chi connectivity index (χ1) is 11.0. The lowest BCUT2D eigenvalue weighted by atomic mass is 10.1. The van der Waals surface area contributed by atoms with Gasteiger partial charge in [-0.15, -0.1) is 0 Å². The van der Waals surface area contributed by atoms with Crippen LogP contribution in [0.25, 0.3) is 0 Å². The second kappa shape index (κ2) is 7.99. The molecule has 2 aromatic carbocycles. The summed E-state index contributed by atoms with van der Waals surface area (Å²) in [4.78, 5) is 11.8. The first-order valence-electron chi connectivity index (χ1n) is 6.66. The molecule has 0 bridgehead atoms. The number of phenols is 1. The van der Waals surface area contributed by atoms with E-state index in [0.717, 1.165) is 4.47 Å². The fourth-order valence-corrected chi connectivity index (χ4v) is 2.48. The number of para-hydroxylation sites is 1. The Balaban J connectivity index is 1.92. The topological polar surface area (TPSA) is 70.9 Å². The Morgan fingerprint density at radius 1 is 1.35 bits per heavy atom. The van der Waals surface area contributed by atoms with Crippen LogP contribution in [0.3, 0.4) is 0 Å². The Labute approximate surface area is 147 Å². The smallest absolute Gasteiger partial charge is 0.277 e. The van der Waals surface area contributed by atoms with E-state index >= 15 is 0 Å². The van der Waals surface area contributed by atoms with E-state index in [4.69, 9.17) is 16.3 Å². The van der Waals surface area contributed by atoms with Gasteiger partial charge in [0.1, 0.15) is 11.5 Å². The molecule has 23 heavy (non-hydrogen) atoms. The summed E-state index contributed by atoms with van der Waals surface area (Å²) < 4.78 is 6.15. The molecule has 0 aliphatic rings. The van der Waals surface area contributed by atoms with Crippen molar-refractivity contribution in [2.24, 2.45) is 5.10 Å². The average Bonchev–Trinajstić information content (AvgIpc) is 2.52. The molecule has 1 amide bonds. The highest BCUT2D eigenvalue weighted by atomic mass is 79.9. The minimum atomic E-state index is -0.432. The molecule has 0 spiro atoms. The number of rotatable bonds is 5. The largest absolute Gasteiger partial charge is 0.507 e. The van der Waals surface area contributed by atoms with Crippen molar-refractivity contribution in [1.82, 2.24) is 5.43 Å². The van der Waals surface area contributed by atoms with Crippen molar-refractivity contribution >= 4 is 39.1 Å². The third-order valence-electron chi connectivity index (χ3n) is 2.89. The lowest BCUT2D eigenvalue weighted by Crippen LogP contribution is -2.25. The Morgan fingerprint density at radius 3 is 2.78 bits per heavy atom. The maximum Gasteiger partial charge on any atom is 0.277 e. The van der Waals surface area contributed by atoms with Crippen molar-refractivity contribution in [3.8, 4) is 11.5 Å². The van der Waals surface area contributed by atoms with Gasteiger partial charge in [-0.3, -0.25) is 4.79 Å². The molecule has 0 aromatic heterocycles. The zero-order valence-corrected chi connectivity index (χ0v) is 14.6. The molecule has 0 saturated carbocycles. The number of benzene rings is 2. The van der Waals surface area contributed by atoms with Gasteiger partial charge in [0.25, 0.3) is 5.91 Å². The summed E-state index contributed by atoms with van der Waals surface area (Å²) in [5, 5.41) is 14.1. The van der Waals surface area contributed by atoms with E-state index < -0.39 is 5.91 Å². The first kappa shape index (κ1) is 17.3. The number of hydrogen-bond acceptors (Lipinski definition) is 4. The van der Waals surface area contributed by atoms with Crippen LogP contribution in [0, 0.1) is 0 Å². The predicted octanol–water partition coefficient (Wildman–Crippen LogP) is 3.73. The summed E-state index contributed by atoms with van der Waals surface area (Å²) in [6, 6.07) is 11.8. The third kappa shape index (κ3) is 4.97. The van der Waals surface area contributed by atoms with E-state index in [1.54, 1.807) is 49.4 Å².